The topological polar surface area (TPSA) is 93.7 Å². The van der Waals surface area contributed by atoms with Crippen molar-refractivity contribution in [2.45, 2.75) is 6.42 Å². The number of ether oxygens (including phenoxy) is 1. The molecule has 2 aromatic heterocycles. The van der Waals surface area contributed by atoms with Gasteiger partial charge in [0.1, 0.15) is 29.6 Å². The molecule has 0 aliphatic rings. The van der Waals surface area contributed by atoms with Crippen molar-refractivity contribution in [1.82, 2.24) is 15.1 Å². The first-order valence-corrected chi connectivity index (χ1v) is 12.1. The van der Waals surface area contributed by atoms with E-state index in [0.717, 1.165) is 26.9 Å². The number of amides is 1. The van der Waals surface area contributed by atoms with E-state index in [1.54, 1.807) is 38.2 Å². The predicted molar refractivity (Wildman–Crippen MR) is 143 cm³/mol. The van der Waals surface area contributed by atoms with Crippen molar-refractivity contribution in [2.75, 3.05) is 27.7 Å². The Morgan fingerprint density at radius 1 is 1.14 bits per heavy atom. The summed E-state index contributed by atoms with van der Waals surface area (Å²) in [5, 5.41) is 12.0. The molecule has 7 nitrogen and oxygen atoms in total. The summed E-state index contributed by atoms with van der Waals surface area (Å²) in [5.74, 6) is -0.0352. The van der Waals surface area contributed by atoms with Crippen molar-refractivity contribution in [3.8, 4) is 28.3 Å². The molecule has 0 spiro atoms. The van der Waals surface area contributed by atoms with Crippen LogP contribution in [0.25, 0.3) is 32.6 Å². The molecular weight excluding hydrogens is 477 g/mol. The highest BCUT2D eigenvalue weighted by atomic mass is 32.1. The lowest BCUT2D eigenvalue weighted by atomic mass is 10.0. The fourth-order valence-electron chi connectivity index (χ4n) is 3.64. The van der Waals surface area contributed by atoms with Crippen LogP contribution in [0.2, 0.25) is 0 Å². The molecular formula is C27H26FN5O2S. The monoisotopic (exact) mass is 503 g/mol. The zero-order valence-corrected chi connectivity index (χ0v) is 21.1. The number of hydrogen-bond acceptors (Lipinski definition) is 7. The highest BCUT2D eigenvalue weighted by molar-refractivity contribution is 7.17. The number of nitrogens with two attached hydrogens (primary N) is 1. The van der Waals surface area contributed by atoms with Crippen LogP contribution in [0.3, 0.4) is 0 Å². The Hall–Kier alpha value is -4.11. The van der Waals surface area contributed by atoms with E-state index in [9.17, 15) is 9.18 Å². The van der Waals surface area contributed by atoms with Crippen LogP contribution in [-0.2, 0) is 11.2 Å². The number of rotatable bonds is 8. The van der Waals surface area contributed by atoms with Gasteiger partial charge in [-0.2, -0.15) is 0 Å². The lowest BCUT2D eigenvalue weighted by Crippen LogP contribution is -2.23. The number of halogens is 1. The Kier molecular flexibility index (Phi) is 7.70. The number of hydrogen-bond donors (Lipinski definition) is 1. The first kappa shape index (κ1) is 25.0. The van der Waals surface area contributed by atoms with E-state index >= 15 is 0 Å². The Bertz CT molecular complexity index is 1440. The molecule has 0 fully saturated rings. The molecule has 0 saturated heterocycles. The van der Waals surface area contributed by atoms with Crippen LogP contribution in [0.15, 0.2) is 71.2 Å². The average molecular weight is 504 g/mol. The highest BCUT2D eigenvalue weighted by Gasteiger charge is 2.18. The summed E-state index contributed by atoms with van der Waals surface area (Å²) in [6.07, 6.45) is 3.35. The van der Waals surface area contributed by atoms with E-state index in [2.05, 4.69) is 15.2 Å². The van der Waals surface area contributed by atoms with Crippen molar-refractivity contribution in [1.29, 1.82) is 0 Å². The van der Waals surface area contributed by atoms with Crippen molar-refractivity contribution in [3.05, 3.63) is 77.6 Å². The van der Waals surface area contributed by atoms with Gasteiger partial charge in [0.05, 0.1) is 16.8 Å². The van der Waals surface area contributed by atoms with E-state index in [1.807, 2.05) is 35.7 Å². The van der Waals surface area contributed by atoms with E-state index in [-0.39, 0.29) is 12.5 Å². The number of benzene rings is 2. The van der Waals surface area contributed by atoms with E-state index in [4.69, 9.17) is 10.5 Å². The van der Waals surface area contributed by atoms with Gasteiger partial charge in [-0.05, 0) is 41.4 Å². The van der Waals surface area contributed by atoms with Crippen molar-refractivity contribution < 1.29 is 13.9 Å². The van der Waals surface area contributed by atoms with Gasteiger partial charge in [0, 0.05) is 43.7 Å². The quantitative estimate of drug-likeness (QED) is 0.351. The molecule has 184 valence electrons. The summed E-state index contributed by atoms with van der Waals surface area (Å²) < 4.78 is 20.9. The lowest BCUT2D eigenvalue weighted by molar-refractivity contribution is -0.127. The average Bonchev–Trinajstić information content (AvgIpc) is 3.37. The maximum atomic E-state index is 14.1. The van der Waals surface area contributed by atoms with Crippen LogP contribution >= 0.6 is 11.3 Å². The summed E-state index contributed by atoms with van der Waals surface area (Å²) in [5.41, 5.74) is 9.88. The van der Waals surface area contributed by atoms with Crippen LogP contribution in [0.4, 0.5) is 4.39 Å². The molecule has 2 heterocycles. The molecule has 2 aromatic carbocycles. The molecule has 9 heteroatoms. The molecule has 0 saturated carbocycles. The number of aromatic nitrogens is 2. The number of carbonyl (C=O) groups excluding carboxylic acids is 1. The third-order valence-corrected chi connectivity index (χ3v) is 6.54. The van der Waals surface area contributed by atoms with Crippen molar-refractivity contribution in [3.63, 3.8) is 0 Å². The normalized spacial score (nSPS) is 11.8. The molecule has 4 rings (SSSR count). The summed E-state index contributed by atoms with van der Waals surface area (Å²) >= 11 is 1.53. The third-order valence-electron chi connectivity index (χ3n) is 5.62. The summed E-state index contributed by atoms with van der Waals surface area (Å²) in [6, 6.07) is 14.1. The van der Waals surface area contributed by atoms with Crippen LogP contribution in [0.5, 0.6) is 5.75 Å². The SMILES string of the molecule is CN=C(/C=C\N)COc1cc(F)ccc1-c1nnc(-c2ccc(CC(=O)N(C)C)cc2)c2ccsc12. The van der Waals surface area contributed by atoms with E-state index in [1.165, 1.54) is 29.7 Å². The first-order valence-electron chi connectivity index (χ1n) is 11.2. The fraction of sp³-hybridized carbons (Fsp3) is 0.185. The van der Waals surface area contributed by atoms with Gasteiger partial charge in [-0.3, -0.25) is 9.79 Å². The van der Waals surface area contributed by atoms with Crippen LogP contribution in [-0.4, -0.2) is 54.5 Å². The van der Waals surface area contributed by atoms with Gasteiger partial charge in [-0.15, -0.1) is 21.5 Å². The molecule has 4 aromatic rings. The minimum absolute atomic E-state index is 0.0424. The molecule has 0 atom stereocenters. The van der Waals surface area contributed by atoms with Crippen LogP contribution < -0.4 is 10.5 Å². The van der Waals surface area contributed by atoms with Gasteiger partial charge >= 0.3 is 0 Å². The van der Waals surface area contributed by atoms with E-state index < -0.39 is 5.82 Å². The van der Waals surface area contributed by atoms with Gasteiger partial charge < -0.3 is 15.4 Å². The Labute approximate surface area is 212 Å². The zero-order chi connectivity index (χ0) is 25.7. The van der Waals surface area contributed by atoms with Crippen molar-refractivity contribution in [2.24, 2.45) is 10.7 Å². The summed E-state index contributed by atoms with van der Waals surface area (Å²) in [4.78, 5) is 17.7. The summed E-state index contributed by atoms with van der Waals surface area (Å²) in [7, 11) is 5.12. The number of aliphatic imine (C=N–C) groups is 1. The van der Waals surface area contributed by atoms with Crippen LogP contribution in [0.1, 0.15) is 5.56 Å². The largest absolute Gasteiger partial charge is 0.486 e. The van der Waals surface area contributed by atoms with Gasteiger partial charge in [0.2, 0.25) is 5.91 Å². The first-order chi connectivity index (χ1) is 17.4. The van der Waals surface area contributed by atoms with Gasteiger partial charge in [0.15, 0.2) is 0 Å². The minimum Gasteiger partial charge on any atom is -0.486 e. The number of likely N-dealkylation sites (N-methyl/N-ethyl adjacent to an activating group) is 1. The maximum absolute atomic E-state index is 14.1. The van der Waals surface area contributed by atoms with Gasteiger partial charge in [-0.25, -0.2) is 4.39 Å². The second-order valence-corrected chi connectivity index (χ2v) is 9.14. The van der Waals surface area contributed by atoms with Gasteiger partial charge in [0.25, 0.3) is 0 Å². The number of carbonyl (C=O) groups is 1. The summed E-state index contributed by atoms with van der Waals surface area (Å²) in [6.45, 7) is 0.127. The Morgan fingerprint density at radius 3 is 2.58 bits per heavy atom. The number of nitrogens with zero attached hydrogens (tertiary/aromatic N) is 4. The zero-order valence-electron chi connectivity index (χ0n) is 20.2. The molecule has 0 bridgehead atoms. The standard InChI is InChI=1S/C27H26FN5O2S/c1-30-20(10-12-29)16-35-23-15-19(28)8-9-21(23)26-27-22(11-13-36-27)25(31-32-26)18-6-4-17(5-7-18)14-24(34)33(2)3/h4-13,15H,14,16,29H2,1-3H3/b12-10-,30-20?. The highest BCUT2D eigenvalue weighted by Crippen LogP contribution is 2.39. The maximum Gasteiger partial charge on any atom is 0.226 e. The Balaban J connectivity index is 1.69. The molecule has 0 unspecified atom stereocenters. The third kappa shape index (κ3) is 5.41. The second kappa shape index (κ2) is 11.1. The molecule has 0 radical (unpaired) electrons. The number of thiophene rings is 1. The fourth-order valence-corrected chi connectivity index (χ4v) is 4.54. The van der Waals surface area contributed by atoms with Crippen LogP contribution in [0, 0.1) is 5.82 Å². The van der Waals surface area contributed by atoms with Gasteiger partial charge in [-0.1, -0.05) is 24.3 Å². The smallest absolute Gasteiger partial charge is 0.226 e. The molecule has 0 aliphatic heterocycles. The lowest BCUT2D eigenvalue weighted by Gasteiger charge is -2.13. The molecule has 2 N–H and O–H groups in total. The van der Waals surface area contributed by atoms with Crippen molar-refractivity contribution >= 4 is 33.0 Å². The molecule has 0 aliphatic carbocycles. The Morgan fingerprint density at radius 2 is 1.89 bits per heavy atom. The molecule has 36 heavy (non-hydrogen) atoms. The molecule has 1 amide bonds. The predicted octanol–water partition coefficient (Wildman–Crippen LogP) is 4.72. The minimum atomic E-state index is -0.419. The second-order valence-electron chi connectivity index (χ2n) is 8.23. The number of fused-ring (bicyclic) bond motifs is 1. The van der Waals surface area contributed by atoms with E-state index in [0.29, 0.717) is 29.1 Å².